The maximum absolute atomic E-state index is 12.3. The Morgan fingerprint density at radius 2 is 2.24 bits per heavy atom. The van der Waals surface area contributed by atoms with E-state index in [2.05, 4.69) is 43.2 Å². The van der Waals surface area contributed by atoms with Gasteiger partial charge in [0, 0.05) is 18.3 Å². The third-order valence-electron chi connectivity index (χ3n) is 3.00. The predicted molar refractivity (Wildman–Crippen MR) is 77.8 cm³/mol. The first-order chi connectivity index (χ1) is 10.1. The number of anilines is 1. The molecule has 8 nitrogen and oxygen atoms in total. The lowest BCUT2D eigenvalue weighted by Crippen LogP contribution is -2.27. The van der Waals surface area contributed by atoms with E-state index in [1.165, 1.54) is 0 Å². The van der Waals surface area contributed by atoms with E-state index in [9.17, 15) is 4.79 Å². The van der Waals surface area contributed by atoms with Crippen LogP contribution >= 0.6 is 0 Å². The number of aryl methyl sites for hydroxylation is 1. The average molecular weight is 289 g/mol. The van der Waals surface area contributed by atoms with Crippen LogP contribution in [0.15, 0.2) is 12.1 Å². The Morgan fingerprint density at radius 1 is 1.43 bits per heavy atom. The van der Waals surface area contributed by atoms with Crippen molar-refractivity contribution in [3.8, 4) is 0 Å². The van der Waals surface area contributed by atoms with Gasteiger partial charge in [-0.3, -0.25) is 4.79 Å². The molecule has 2 aromatic rings. The fourth-order valence-corrected chi connectivity index (χ4v) is 1.93. The Labute approximate surface area is 122 Å². The van der Waals surface area contributed by atoms with Gasteiger partial charge in [0.05, 0.1) is 6.04 Å². The summed E-state index contributed by atoms with van der Waals surface area (Å²) in [6.45, 7) is 3.88. The standard InChI is InChI=1S/C13H19N7O/c1-4-5-10-6-9(7-11(14-3)16-10)13(21)15-8(2)12-17-19-20-18-12/h6-8H,4-5H2,1-3H3,(H,14,16)(H,15,21)(H,17,18,19,20). The zero-order chi connectivity index (χ0) is 15.2. The highest BCUT2D eigenvalue weighted by Gasteiger charge is 2.16. The van der Waals surface area contributed by atoms with Crippen molar-refractivity contribution < 1.29 is 4.79 Å². The number of rotatable bonds is 6. The van der Waals surface area contributed by atoms with Crippen LogP contribution in [0.1, 0.15) is 48.2 Å². The second-order valence-corrected chi connectivity index (χ2v) is 4.70. The molecule has 0 spiro atoms. The van der Waals surface area contributed by atoms with E-state index < -0.39 is 0 Å². The first-order valence-electron chi connectivity index (χ1n) is 6.87. The normalized spacial score (nSPS) is 12.0. The van der Waals surface area contributed by atoms with Gasteiger partial charge in [0.1, 0.15) is 5.82 Å². The number of H-pyrrole nitrogens is 1. The lowest BCUT2D eigenvalue weighted by atomic mass is 10.1. The molecule has 2 heterocycles. The fraction of sp³-hybridized carbons (Fsp3) is 0.462. The second-order valence-electron chi connectivity index (χ2n) is 4.70. The Morgan fingerprint density at radius 3 is 2.86 bits per heavy atom. The second kappa shape index (κ2) is 6.78. The Kier molecular flexibility index (Phi) is 4.81. The quantitative estimate of drug-likeness (QED) is 0.734. The molecule has 0 bridgehead atoms. The van der Waals surface area contributed by atoms with Crippen molar-refractivity contribution in [3.63, 3.8) is 0 Å². The molecule has 2 rings (SSSR count). The Balaban J connectivity index is 2.16. The van der Waals surface area contributed by atoms with E-state index in [4.69, 9.17) is 0 Å². The third kappa shape index (κ3) is 3.74. The molecule has 112 valence electrons. The summed E-state index contributed by atoms with van der Waals surface area (Å²) in [7, 11) is 1.78. The molecule has 1 atom stereocenters. The molecule has 0 saturated carbocycles. The maximum atomic E-state index is 12.3. The average Bonchev–Trinajstić information content (AvgIpc) is 3.01. The van der Waals surface area contributed by atoms with Gasteiger partial charge in [0.15, 0.2) is 5.82 Å². The summed E-state index contributed by atoms with van der Waals surface area (Å²) in [5.41, 5.74) is 1.45. The van der Waals surface area contributed by atoms with Crippen LogP contribution in [-0.2, 0) is 6.42 Å². The number of hydrogen-bond acceptors (Lipinski definition) is 6. The van der Waals surface area contributed by atoms with Crippen molar-refractivity contribution in [2.45, 2.75) is 32.7 Å². The number of carbonyl (C=O) groups is 1. The van der Waals surface area contributed by atoms with Gasteiger partial charge in [-0.1, -0.05) is 18.6 Å². The molecule has 8 heteroatoms. The van der Waals surface area contributed by atoms with Crippen molar-refractivity contribution in [1.29, 1.82) is 0 Å². The number of nitrogens with one attached hydrogen (secondary N) is 3. The maximum Gasteiger partial charge on any atom is 0.252 e. The van der Waals surface area contributed by atoms with E-state index >= 15 is 0 Å². The molecule has 0 aliphatic heterocycles. The molecule has 0 saturated heterocycles. The summed E-state index contributed by atoms with van der Waals surface area (Å²) in [5, 5.41) is 19.4. The number of aromatic nitrogens is 5. The van der Waals surface area contributed by atoms with Gasteiger partial charge >= 0.3 is 0 Å². The first-order valence-corrected chi connectivity index (χ1v) is 6.87. The van der Waals surface area contributed by atoms with Crippen LogP contribution in [0.5, 0.6) is 0 Å². The molecular formula is C13H19N7O. The van der Waals surface area contributed by atoms with E-state index in [0.29, 0.717) is 17.2 Å². The van der Waals surface area contributed by atoms with Gasteiger partial charge < -0.3 is 10.6 Å². The minimum absolute atomic E-state index is 0.191. The van der Waals surface area contributed by atoms with E-state index in [1.54, 1.807) is 20.0 Å². The molecule has 3 N–H and O–H groups in total. The van der Waals surface area contributed by atoms with Crippen molar-refractivity contribution >= 4 is 11.7 Å². The number of tetrazole rings is 1. The first kappa shape index (κ1) is 14.9. The lowest BCUT2D eigenvalue weighted by Gasteiger charge is -2.12. The predicted octanol–water partition coefficient (Wildman–Crippen LogP) is 1.08. The van der Waals surface area contributed by atoms with E-state index in [1.807, 2.05) is 6.07 Å². The van der Waals surface area contributed by atoms with Crippen molar-refractivity contribution in [2.75, 3.05) is 12.4 Å². The van der Waals surface area contributed by atoms with Crippen molar-refractivity contribution in [2.24, 2.45) is 0 Å². The molecule has 0 aromatic carbocycles. The molecular weight excluding hydrogens is 270 g/mol. The fourth-order valence-electron chi connectivity index (χ4n) is 1.93. The minimum atomic E-state index is -0.322. The van der Waals surface area contributed by atoms with Crippen LogP contribution in [0.3, 0.4) is 0 Å². The zero-order valence-corrected chi connectivity index (χ0v) is 12.3. The summed E-state index contributed by atoms with van der Waals surface area (Å²) in [6.07, 6.45) is 1.80. The van der Waals surface area contributed by atoms with Gasteiger partial charge in [-0.05, 0) is 25.5 Å². The molecule has 0 radical (unpaired) electrons. The monoisotopic (exact) mass is 289 g/mol. The van der Waals surface area contributed by atoms with Crippen LogP contribution < -0.4 is 10.6 Å². The highest BCUT2D eigenvalue weighted by molar-refractivity contribution is 5.95. The highest BCUT2D eigenvalue weighted by Crippen LogP contribution is 2.13. The number of nitrogens with zero attached hydrogens (tertiary/aromatic N) is 4. The third-order valence-corrected chi connectivity index (χ3v) is 3.00. The molecule has 0 fully saturated rings. The number of pyridine rings is 1. The summed E-state index contributed by atoms with van der Waals surface area (Å²) < 4.78 is 0. The van der Waals surface area contributed by atoms with Crippen LogP contribution in [0.4, 0.5) is 5.82 Å². The number of amides is 1. The lowest BCUT2D eigenvalue weighted by molar-refractivity contribution is 0.0938. The Bertz CT molecular complexity index is 597. The zero-order valence-electron chi connectivity index (χ0n) is 12.3. The smallest absolute Gasteiger partial charge is 0.252 e. The summed E-state index contributed by atoms with van der Waals surface area (Å²) in [4.78, 5) is 16.7. The minimum Gasteiger partial charge on any atom is -0.373 e. The van der Waals surface area contributed by atoms with Crippen LogP contribution in [0, 0.1) is 0 Å². The number of hydrogen-bond donors (Lipinski definition) is 3. The van der Waals surface area contributed by atoms with E-state index in [-0.39, 0.29) is 11.9 Å². The summed E-state index contributed by atoms with van der Waals surface area (Å²) in [5.74, 6) is 0.932. The van der Waals surface area contributed by atoms with Crippen LogP contribution in [0.2, 0.25) is 0 Å². The van der Waals surface area contributed by atoms with Crippen LogP contribution in [-0.4, -0.2) is 38.6 Å². The molecule has 0 aliphatic carbocycles. The van der Waals surface area contributed by atoms with Gasteiger partial charge in [-0.25, -0.2) is 4.98 Å². The molecule has 1 amide bonds. The van der Waals surface area contributed by atoms with Crippen LogP contribution in [0.25, 0.3) is 0 Å². The van der Waals surface area contributed by atoms with Gasteiger partial charge in [0.2, 0.25) is 0 Å². The topological polar surface area (TPSA) is 108 Å². The molecule has 2 aromatic heterocycles. The number of aromatic amines is 1. The van der Waals surface area contributed by atoms with Crippen molar-refractivity contribution in [3.05, 3.63) is 29.2 Å². The van der Waals surface area contributed by atoms with Gasteiger partial charge in [-0.15, -0.1) is 10.2 Å². The van der Waals surface area contributed by atoms with Gasteiger partial charge in [-0.2, -0.15) is 5.21 Å². The molecule has 0 aliphatic rings. The number of carbonyl (C=O) groups excluding carboxylic acids is 1. The highest BCUT2D eigenvalue weighted by atomic mass is 16.1. The van der Waals surface area contributed by atoms with E-state index in [0.717, 1.165) is 18.5 Å². The SMILES string of the molecule is CCCc1cc(C(=O)NC(C)c2nn[nH]n2)cc(NC)n1. The Hall–Kier alpha value is -2.51. The van der Waals surface area contributed by atoms with Gasteiger partial charge in [0.25, 0.3) is 5.91 Å². The molecule has 21 heavy (non-hydrogen) atoms. The summed E-state index contributed by atoms with van der Waals surface area (Å²) >= 11 is 0. The van der Waals surface area contributed by atoms with Crippen molar-refractivity contribution in [1.82, 2.24) is 30.9 Å². The molecule has 1 unspecified atom stereocenters. The largest absolute Gasteiger partial charge is 0.373 e. The summed E-state index contributed by atoms with van der Waals surface area (Å²) in [6, 6.07) is 3.21.